The van der Waals surface area contributed by atoms with Crippen LogP contribution < -0.4 is 0 Å². The smallest absolute Gasteiger partial charge is 0.195 e. The first kappa shape index (κ1) is 11.1. The molecule has 0 N–H and O–H groups in total. The van der Waals surface area contributed by atoms with Crippen molar-refractivity contribution >= 4 is 17.5 Å². The number of benzene rings is 2. The highest BCUT2D eigenvalue weighted by atomic mass is 32.2. The topological polar surface area (TPSA) is 17.1 Å². The molecule has 1 nitrogen and oxygen atoms in total. The van der Waals surface area contributed by atoms with E-state index in [1.54, 1.807) is 11.8 Å². The molecule has 2 heteroatoms. The minimum atomic E-state index is 0.0409. The fraction of sp³-hybridized carbons (Fsp3) is 0.0625. The molecular formula is C16H10OS. The van der Waals surface area contributed by atoms with Crippen molar-refractivity contribution in [3.63, 3.8) is 0 Å². The molecule has 0 aliphatic carbocycles. The van der Waals surface area contributed by atoms with Gasteiger partial charge in [0.25, 0.3) is 0 Å². The van der Waals surface area contributed by atoms with Gasteiger partial charge in [0.05, 0.1) is 0 Å². The number of terminal acetylenes is 1. The van der Waals surface area contributed by atoms with Crippen molar-refractivity contribution in [2.45, 2.75) is 10.6 Å². The van der Waals surface area contributed by atoms with Gasteiger partial charge < -0.3 is 0 Å². The van der Waals surface area contributed by atoms with E-state index in [0.29, 0.717) is 11.1 Å². The summed E-state index contributed by atoms with van der Waals surface area (Å²) in [5.41, 5.74) is 3.16. The maximum Gasteiger partial charge on any atom is 0.195 e. The molecule has 0 bridgehead atoms. The highest BCUT2D eigenvalue weighted by molar-refractivity contribution is 7.98. The molecule has 3 rings (SSSR count). The van der Waals surface area contributed by atoms with Crippen LogP contribution in [0.4, 0.5) is 0 Å². The Labute approximate surface area is 110 Å². The number of hydrogen-bond acceptors (Lipinski definition) is 2. The Morgan fingerprint density at radius 2 is 1.94 bits per heavy atom. The minimum absolute atomic E-state index is 0.0409. The number of hydrogen-bond donors (Lipinski definition) is 0. The molecule has 18 heavy (non-hydrogen) atoms. The predicted molar refractivity (Wildman–Crippen MR) is 73.8 cm³/mol. The van der Waals surface area contributed by atoms with Crippen molar-refractivity contribution in [1.82, 2.24) is 0 Å². The van der Waals surface area contributed by atoms with Gasteiger partial charge >= 0.3 is 0 Å². The van der Waals surface area contributed by atoms with Crippen LogP contribution in [0.25, 0.3) is 0 Å². The number of carbonyl (C=O) groups excluding carboxylic acids is 1. The zero-order chi connectivity index (χ0) is 12.5. The Morgan fingerprint density at radius 3 is 2.78 bits per heavy atom. The zero-order valence-corrected chi connectivity index (χ0v) is 10.5. The fourth-order valence-electron chi connectivity index (χ4n) is 2.18. The number of thioether (sulfide) groups is 1. The lowest BCUT2D eigenvalue weighted by atomic mass is 9.94. The van der Waals surface area contributed by atoms with Crippen molar-refractivity contribution in [2.75, 3.05) is 0 Å². The van der Waals surface area contributed by atoms with Crippen LogP contribution in [0.15, 0.2) is 47.4 Å². The lowest BCUT2D eigenvalue weighted by molar-refractivity contribution is 0.103. The molecule has 1 aliphatic rings. The molecule has 0 amide bonds. The van der Waals surface area contributed by atoms with E-state index in [0.717, 1.165) is 21.8 Å². The van der Waals surface area contributed by atoms with Gasteiger partial charge in [0.1, 0.15) is 0 Å². The van der Waals surface area contributed by atoms with E-state index in [-0.39, 0.29) is 5.78 Å². The Bertz CT molecular complexity index is 680. The van der Waals surface area contributed by atoms with Gasteiger partial charge in [-0.1, -0.05) is 30.2 Å². The minimum Gasteiger partial charge on any atom is -0.289 e. The Balaban J connectivity index is 2.28. The molecule has 0 unspecified atom stereocenters. The summed E-state index contributed by atoms with van der Waals surface area (Å²) in [4.78, 5) is 13.6. The average molecular weight is 250 g/mol. The summed E-state index contributed by atoms with van der Waals surface area (Å²) < 4.78 is 0. The van der Waals surface area contributed by atoms with Gasteiger partial charge in [0.15, 0.2) is 5.78 Å². The van der Waals surface area contributed by atoms with Crippen LogP contribution in [-0.4, -0.2) is 5.78 Å². The largest absolute Gasteiger partial charge is 0.289 e. The summed E-state index contributed by atoms with van der Waals surface area (Å²) >= 11 is 1.69. The highest BCUT2D eigenvalue weighted by Gasteiger charge is 2.23. The molecule has 0 radical (unpaired) electrons. The second kappa shape index (κ2) is 4.36. The van der Waals surface area contributed by atoms with Crippen LogP contribution in [0, 0.1) is 12.3 Å². The molecule has 2 aromatic rings. The lowest BCUT2D eigenvalue weighted by Gasteiger charge is -2.06. The van der Waals surface area contributed by atoms with Crippen LogP contribution in [0.1, 0.15) is 27.0 Å². The first-order chi connectivity index (χ1) is 8.81. The van der Waals surface area contributed by atoms with Gasteiger partial charge in [0.2, 0.25) is 0 Å². The Kier molecular flexibility index (Phi) is 2.70. The second-order valence-electron chi connectivity index (χ2n) is 4.10. The van der Waals surface area contributed by atoms with E-state index in [2.05, 4.69) is 5.92 Å². The van der Waals surface area contributed by atoms with E-state index in [4.69, 9.17) is 6.42 Å². The van der Waals surface area contributed by atoms with Crippen LogP contribution in [0.3, 0.4) is 0 Å². The van der Waals surface area contributed by atoms with Crippen molar-refractivity contribution in [1.29, 1.82) is 0 Å². The van der Waals surface area contributed by atoms with Gasteiger partial charge in [-0.15, -0.1) is 18.2 Å². The van der Waals surface area contributed by atoms with E-state index >= 15 is 0 Å². The molecule has 0 fully saturated rings. The molecule has 0 saturated heterocycles. The number of ketones is 1. The number of rotatable bonds is 0. The van der Waals surface area contributed by atoms with E-state index in [1.807, 2.05) is 42.5 Å². The quantitative estimate of drug-likeness (QED) is 0.666. The van der Waals surface area contributed by atoms with Crippen molar-refractivity contribution in [3.8, 4) is 12.3 Å². The Hall–Kier alpha value is -1.98. The van der Waals surface area contributed by atoms with Crippen LogP contribution >= 0.6 is 11.8 Å². The molecule has 1 heterocycles. The maximum atomic E-state index is 12.6. The second-order valence-corrected chi connectivity index (χ2v) is 5.12. The molecule has 2 aromatic carbocycles. The molecular weight excluding hydrogens is 240 g/mol. The highest BCUT2D eigenvalue weighted by Crippen LogP contribution is 2.34. The first-order valence-electron chi connectivity index (χ1n) is 5.66. The van der Waals surface area contributed by atoms with Crippen LogP contribution in [0.5, 0.6) is 0 Å². The normalized spacial score (nSPS) is 13.2. The monoisotopic (exact) mass is 250 g/mol. The third-order valence-corrected chi connectivity index (χ3v) is 4.17. The maximum absolute atomic E-state index is 12.6. The van der Waals surface area contributed by atoms with Gasteiger partial charge in [0, 0.05) is 27.3 Å². The summed E-state index contributed by atoms with van der Waals surface area (Å²) in [7, 11) is 0. The predicted octanol–water partition coefficient (Wildman–Crippen LogP) is 3.50. The molecule has 0 saturated carbocycles. The van der Waals surface area contributed by atoms with E-state index in [1.165, 1.54) is 0 Å². The summed E-state index contributed by atoms with van der Waals surface area (Å²) in [6.07, 6.45) is 5.50. The third kappa shape index (κ3) is 1.64. The molecule has 86 valence electrons. The summed E-state index contributed by atoms with van der Waals surface area (Å²) in [5.74, 6) is 3.44. The summed E-state index contributed by atoms with van der Waals surface area (Å²) in [6.45, 7) is 0. The van der Waals surface area contributed by atoms with E-state index < -0.39 is 0 Å². The number of fused-ring (bicyclic) bond motifs is 2. The van der Waals surface area contributed by atoms with Gasteiger partial charge in [-0.25, -0.2) is 0 Å². The van der Waals surface area contributed by atoms with E-state index in [9.17, 15) is 4.79 Å². The van der Waals surface area contributed by atoms with Gasteiger partial charge in [-0.2, -0.15) is 0 Å². The lowest BCUT2D eigenvalue weighted by Crippen LogP contribution is -2.06. The van der Waals surface area contributed by atoms with Crippen molar-refractivity contribution in [3.05, 3.63) is 64.7 Å². The Morgan fingerprint density at radius 1 is 1.11 bits per heavy atom. The molecule has 0 spiro atoms. The van der Waals surface area contributed by atoms with Crippen LogP contribution in [0.2, 0.25) is 0 Å². The van der Waals surface area contributed by atoms with Gasteiger partial charge in [-0.05, 0) is 23.8 Å². The number of carbonyl (C=O) groups is 1. The molecule has 1 aliphatic heterocycles. The van der Waals surface area contributed by atoms with Crippen molar-refractivity contribution < 1.29 is 4.79 Å². The molecule has 0 aromatic heterocycles. The van der Waals surface area contributed by atoms with Crippen LogP contribution in [-0.2, 0) is 5.75 Å². The average Bonchev–Trinajstić information content (AvgIpc) is 2.57. The standard InChI is InChI=1S/C16H10OS/c1-2-11-6-5-7-12-10-18-14-9-4-3-8-13(14)16(17)15(11)12/h1,3-9H,10H2. The molecule has 0 atom stereocenters. The van der Waals surface area contributed by atoms with Gasteiger partial charge in [-0.3, -0.25) is 4.79 Å². The first-order valence-corrected chi connectivity index (χ1v) is 6.65. The third-order valence-electron chi connectivity index (χ3n) is 3.05. The fourth-order valence-corrected chi connectivity index (χ4v) is 3.22. The summed E-state index contributed by atoms with van der Waals surface area (Å²) in [5, 5.41) is 0. The van der Waals surface area contributed by atoms with Crippen molar-refractivity contribution in [2.24, 2.45) is 0 Å². The zero-order valence-electron chi connectivity index (χ0n) is 9.64. The SMILES string of the molecule is C#Cc1cccc2c1C(=O)c1ccccc1SC2. The summed E-state index contributed by atoms with van der Waals surface area (Å²) in [6, 6.07) is 13.4.